The van der Waals surface area contributed by atoms with Gasteiger partial charge in [0.25, 0.3) is 0 Å². The monoisotopic (exact) mass is 414 g/mol. The Morgan fingerprint density at radius 2 is 1.63 bits per heavy atom. The Labute approximate surface area is 171 Å². The van der Waals surface area contributed by atoms with Crippen LogP contribution >= 0.6 is 0 Å². The van der Waals surface area contributed by atoms with Gasteiger partial charge in [0.15, 0.2) is 0 Å². The van der Waals surface area contributed by atoms with Crippen molar-refractivity contribution in [2.24, 2.45) is 5.92 Å². The number of anilines is 2. The van der Waals surface area contributed by atoms with Gasteiger partial charge in [0.05, 0.1) is 37.0 Å². The summed E-state index contributed by atoms with van der Waals surface area (Å²) < 4.78 is 23.3. The van der Waals surface area contributed by atoms with Crippen molar-refractivity contribution in [2.45, 2.75) is 6.42 Å². The number of benzene rings is 2. The molecule has 0 bridgehead atoms. The number of hydrogen-bond donors (Lipinski definition) is 1. The minimum Gasteiger partial charge on any atom is -0.465 e. The second-order valence-electron chi connectivity index (χ2n) is 6.63. The molecule has 2 aromatic rings. The Kier molecular flexibility index (Phi) is 6.10. The third-order valence-corrected chi connectivity index (χ3v) is 4.68. The number of nitrogens with one attached hydrogen (secondary N) is 1. The predicted molar refractivity (Wildman–Crippen MR) is 105 cm³/mol. The zero-order valence-electron chi connectivity index (χ0n) is 16.3. The average molecular weight is 414 g/mol. The number of methoxy groups -OCH3 is 2. The lowest BCUT2D eigenvalue weighted by Crippen LogP contribution is -2.28. The third-order valence-electron chi connectivity index (χ3n) is 4.68. The van der Waals surface area contributed by atoms with Crippen LogP contribution < -0.4 is 10.2 Å². The van der Waals surface area contributed by atoms with Crippen molar-refractivity contribution in [3.63, 3.8) is 0 Å². The number of amides is 2. The minimum absolute atomic E-state index is 0.00610. The first-order valence-corrected chi connectivity index (χ1v) is 9.01. The quantitative estimate of drug-likeness (QED) is 0.754. The van der Waals surface area contributed by atoms with Gasteiger partial charge in [-0.3, -0.25) is 9.59 Å². The second-order valence-corrected chi connectivity index (χ2v) is 6.63. The summed E-state index contributed by atoms with van der Waals surface area (Å²) in [7, 11) is 2.37. The average Bonchev–Trinajstić information content (AvgIpc) is 3.14. The highest BCUT2D eigenvalue weighted by Gasteiger charge is 2.36. The molecule has 8 nitrogen and oxygen atoms in total. The molecular formula is C21H19FN2O6. The molecule has 0 aliphatic carbocycles. The van der Waals surface area contributed by atoms with Crippen LogP contribution in [-0.2, 0) is 19.1 Å². The largest absolute Gasteiger partial charge is 0.465 e. The molecule has 1 saturated heterocycles. The highest BCUT2D eigenvalue weighted by atomic mass is 19.1. The molecule has 0 unspecified atom stereocenters. The van der Waals surface area contributed by atoms with Crippen LogP contribution in [0, 0.1) is 11.7 Å². The Hall–Kier alpha value is -3.75. The van der Waals surface area contributed by atoms with E-state index in [1.807, 2.05) is 0 Å². The summed E-state index contributed by atoms with van der Waals surface area (Å²) in [6.07, 6.45) is -0.0965. The number of rotatable bonds is 5. The standard InChI is InChI=1S/C21H19FN2O6/c1-29-20(27)12-7-13(21(28)30-2)9-15(8-12)23-19(26)14-10-18(25)24(11-14)17-6-4-3-5-16(17)22/h3-9,14H,10-11H2,1-2H3,(H,23,26)/t14-/m0/s1. The molecule has 3 rings (SSSR count). The first kappa shape index (κ1) is 21.0. The van der Waals surface area contributed by atoms with Crippen molar-refractivity contribution in [3.8, 4) is 0 Å². The van der Waals surface area contributed by atoms with E-state index in [2.05, 4.69) is 14.8 Å². The number of esters is 2. The molecule has 1 atom stereocenters. The van der Waals surface area contributed by atoms with Crippen molar-refractivity contribution in [3.05, 3.63) is 59.4 Å². The van der Waals surface area contributed by atoms with E-state index >= 15 is 0 Å². The molecule has 9 heteroatoms. The van der Waals surface area contributed by atoms with Crippen molar-refractivity contribution in [2.75, 3.05) is 31.0 Å². The van der Waals surface area contributed by atoms with Crippen LogP contribution in [-0.4, -0.2) is 44.5 Å². The maximum atomic E-state index is 14.0. The molecule has 30 heavy (non-hydrogen) atoms. The zero-order valence-corrected chi connectivity index (χ0v) is 16.3. The molecule has 0 radical (unpaired) electrons. The summed E-state index contributed by atoms with van der Waals surface area (Å²) in [4.78, 5) is 50.0. The number of carbonyl (C=O) groups excluding carboxylic acids is 4. The predicted octanol–water partition coefficient (Wildman–Crippen LogP) is 2.39. The SMILES string of the molecule is COC(=O)c1cc(NC(=O)[C@H]2CC(=O)N(c3ccccc3F)C2)cc(C(=O)OC)c1. The van der Waals surface area contributed by atoms with E-state index in [0.29, 0.717) is 0 Å². The van der Waals surface area contributed by atoms with Gasteiger partial charge in [-0.2, -0.15) is 0 Å². The summed E-state index contributed by atoms with van der Waals surface area (Å²) in [6, 6.07) is 9.80. The Bertz CT molecular complexity index is 988. The molecule has 1 heterocycles. The highest BCUT2D eigenvalue weighted by molar-refractivity contribution is 6.04. The van der Waals surface area contributed by atoms with Gasteiger partial charge in [-0.25, -0.2) is 14.0 Å². The fourth-order valence-electron chi connectivity index (χ4n) is 3.20. The van der Waals surface area contributed by atoms with E-state index in [-0.39, 0.29) is 41.4 Å². The van der Waals surface area contributed by atoms with Crippen LogP contribution in [0.15, 0.2) is 42.5 Å². The van der Waals surface area contributed by atoms with Crippen molar-refractivity contribution in [1.29, 1.82) is 0 Å². The van der Waals surface area contributed by atoms with Gasteiger partial charge < -0.3 is 19.7 Å². The molecule has 2 amide bonds. The number of halogens is 1. The summed E-state index contributed by atoms with van der Waals surface area (Å²) in [6.45, 7) is 0.00610. The summed E-state index contributed by atoms with van der Waals surface area (Å²) in [5.41, 5.74) is 0.371. The number of ether oxygens (including phenoxy) is 2. The molecule has 2 aromatic carbocycles. The van der Waals surface area contributed by atoms with Crippen LogP contribution in [0.2, 0.25) is 0 Å². The van der Waals surface area contributed by atoms with Crippen molar-refractivity contribution < 1.29 is 33.0 Å². The maximum Gasteiger partial charge on any atom is 0.337 e. The van der Waals surface area contributed by atoms with Gasteiger partial charge in [0.2, 0.25) is 11.8 Å². The van der Waals surface area contributed by atoms with Crippen LogP contribution in [0.1, 0.15) is 27.1 Å². The molecule has 0 spiro atoms. The number of nitrogens with zero attached hydrogens (tertiary/aromatic N) is 1. The normalized spacial score (nSPS) is 15.6. The topological polar surface area (TPSA) is 102 Å². The Morgan fingerprint density at radius 1 is 1.03 bits per heavy atom. The van der Waals surface area contributed by atoms with Gasteiger partial charge >= 0.3 is 11.9 Å². The van der Waals surface area contributed by atoms with Crippen LogP contribution in [0.5, 0.6) is 0 Å². The van der Waals surface area contributed by atoms with E-state index in [1.165, 1.54) is 55.5 Å². The van der Waals surface area contributed by atoms with Crippen LogP contribution in [0.4, 0.5) is 15.8 Å². The van der Waals surface area contributed by atoms with E-state index in [1.54, 1.807) is 6.07 Å². The van der Waals surface area contributed by atoms with E-state index in [9.17, 15) is 23.6 Å². The fraction of sp³-hybridized carbons (Fsp3) is 0.238. The lowest BCUT2D eigenvalue weighted by Gasteiger charge is -2.17. The van der Waals surface area contributed by atoms with Gasteiger partial charge in [-0.15, -0.1) is 0 Å². The molecule has 1 fully saturated rings. The molecule has 0 aromatic heterocycles. The minimum atomic E-state index is -0.736. The third kappa shape index (κ3) is 4.29. The van der Waals surface area contributed by atoms with Crippen molar-refractivity contribution >= 4 is 35.1 Å². The number of hydrogen-bond acceptors (Lipinski definition) is 6. The van der Waals surface area contributed by atoms with Gasteiger partial charge in [0, 0.05) is 18.7 Å². The summed E-state index contributed by atoms with van der Waals surface area (Å²) >= 11 is 0. The highest BCUT2D eigenvalue weighted by Crippen LogP contribution is 2.28. The van der Waals surface area contributed by atoms with Gasteiger partial charge in [-0.05, 0) is 30.3 Å². The molecule has 1 N–H and O–H groups in total. The van der Waals surface area contributed by atoms with Gasteiger partial charge in [0.1, 0.15) is 5.82 Å². The number of carbonyl (C=O) groups is 4. The zero-order chi connectivity index (χ0) is 21.8. The second kappa shape index (κ2) is 8.73. The van der Waals surface area contributed by atoms with E-state index in [4.69, 9.17) is 0 Å². The van der Waals surface area contributed by atoms with Crippen LogP contribution in [0.25, 0.3) is 0 Å². The Balaban J connectivity index is 1.80. The van der Waals surface area contributed by atoms with E-state index < -0.39 is 29.6 Å². The van der Waals surface area contributed by atoms with Gasteiger partial charge in [-0.1, -0.05) is 12.1 Å². The summed E-state index contributed by atoms with van der Waals surface area (Å²) in [5.74, 6) is -3.56. The molecule has 156 valence electrons. The smallest absolute Gasteiger partial charge is 0.337 e. The number of para-hydroxylation sites is 1. The lowest BCUT2D eigenvalue weighted by molar-refractivity contribution is -0.122. The first-order chi connectivity index (χ1) is 14.3. The fourth-order valence-corrected chi connectivity index (χ4v) is 3.20. The summed E-state index contributed by atoms with van der Waals surface area (Å²) in [5, 5.41) is 2.60. The van der Waals surface area contributed by atoms with Crippen molar-refractivity contribution in [1.82, 2.24) is 0 Å². The lowest BCUT2D eigenvalue weighted by atomic mass is 10.1. The Morgan fingerprint density at radius 3 is 2.20 bits per heavy atom. The maximum absolute atomic E-state index is 14.0. The molecule has 1 aliphatic heterocycles. The molecular weight excluding hydrogens is 395 g/mol. The molecule has 1 aliphatic rings. The first-order valence-electron chi connectivity index (χ1n) is 9.01. The molecule has 0 saturated carbocycles. The van der Waals surface area contributed by atoms with E-state index in [0.717, 1.165) is 0 Å². The van der Waals surface area contributed by atoms with Crippen LogP contribution in [0.3, 0.4) is 0 Å².